The van der Waals surface area contributed by atoms with Crippen molar-refractivity contribution in [3.8, 4) is 0 Å². The zero-order valence-electron chi connectivity index (χ0n) is 17.5. The Morgan fingerprint density at radius 2 is 1.90 bits per heavy atom. The van der Waals surface area contributed by atoms with Gasteiger partial charge in [0.25, 0.3) is 0 Å². The van der Waals surface area contributed by atoms with Crippen molar-refractivity contribution in [2.75, 3.05) is 24.6 Å². The van der Waals surface area contributed by atoms with Gasteiger partial charge in [-0.2, -0.15) is 4.98 Å². The second-order valence-corrected chi connectivity index (χ2v) is 9.08. The highest BCUT2D eigenvalue weighted by Crippen LogP contribution is 2.41. The fourth-order valence-electron chi connectivity index (χ4n) is 4.10. The summed E-state index contributed by atoms with van der Waals surface area (Å²) in [6.07, 6.45) is 4.22. The van der Waals surface area contributed by atoms with E-state index >= 15 is 0 Å². The van der Waals surface area contributed by atoms with Gasteiger partial charge in [0, 0.05) is 24.9 Å². The first-order chi connectivity index (χ1) is 14.5. The molecule has 0 N–H and O–H groups in total. The molecule has 158 valence electrons. The van der Waals surface area contributed by atoms with Crippen LogP contribution in [0.3, 0.4) is 0 Å². The number of esters is 1. The molecule has 0 unspecified atom stereocenters. The maximum Gasteiger partial charge on any atom is 0.348 e. The number of aryl methyl sites for hydroxylation is 2. The first kappa shape index (κ1) is 19.4. The molecule has 9 heteroatoms. The Labute approximate surface area is 178 Å². The Bertz CT molecular complexity index is 1100. The number of hydrogen-bond donors (Lipinski definition) is 0. The molecule has 3 aromatic heterocycles. The molecule has 2 aliphatic rings. The number of carbonyl (C=O) groups is 1. The summed E-state index contributed by atoms with van der Waals surface area (Å²) in [6.45, 7) is 7.74. The van der Waals surface area contributed by atoms with E-state index in [-0.39, 0.29) is 5.97 Å². The van der Waals surface area contributed by atoms with Crippen molar-refractivity contribution in [1.29, 1.82) is 0 Å². The zero-order chi connectivity index (χ0) is 20.8. The van der Waals surface area contributed by atoms with E-state index in [0.717, 1.165) is 72.1 Å². The van der Waals surface area contributed by atoms with Crippen molar-refractivity contribution < 1.29 is 14.1 Å². The topological polar surface area (TPSA) is 94.2 Å². The van der Waals surface area contributed by atoms with Crippen molar-refractivity contribution in [1.82, 2.24) is 20.1 Å². The summed E-state index contributed by atoms with van der Waals surface area (Å²) in [7, 11) is 0. The normalized spacial score (nSPS) is 17.6. The van der Waals surface area contributed by atoms with Gasteiger partial charge in [-0.3, -0.25) is 0 Å². The molecular weight excluding hydrogens is 402 g/mol. The zero-order valence-corrected chi connectivity index (χ0v) is 18.3. The minimum absolute atomic E-state index is 0.288. The third-order valence-electron chi connectivity index (χ3n) is 5.89. The lowest BCUT2D eigenvalue weighted by atomic mass is 9.96. The first-order valence-corrected chi connectivity index (χ1v) is 11.4. The van der Waals surface area contributed by atoms with Crippen molar-refractivity contribution in [3.63, 3.8) is 0 Å². The van der Waals surface area contributed by atoms with E-state index in [1.54, 1.807) is 0 Å². The molecule has 0 spiro atoms. The van der Waals surface area contributed by atoms with Crippen LogP contribution in [0.15, 0.2) is 4.52 Å². The molecule has 8 nitrogen and oxygen atoms in total. The van der Waals surface area contributed by atoms with E-state index in [1.807, 2.05) is 20.8 Å². The monoisotopic (exact) mass is 427 g/mol. The molecule has 0 bridgehead atoms. The average molecular weight is 428 g/mol. The number of hydrogen-bond acceptors (Lipinski definition) is 9. The van der Waals surface area contributed by atoms with Gasteiger partial charge in [-0.05, 0) is 52.0 Å². The molecule has 0 atom stereocenters. The molecular formula is C21H25N5O3S. The standard InChI is InChI=1S/C21H25N5O3S/c1-4-28-21(27)16-11(2)15-18(22-12(3)23-20(15)30-16)26-9-7-13(8-10-26)17-24-19(29-25-17)14-5-6-14/h13-14H,4-10H2,1-3H3. The fraction of sp³-hybridized carbons (Fsp3) is 0.571. The van der Waals surface area contributed by atoms with Gasteiger partial charge in [-0.1, -0.05) is 5.16 Å². The molecule has 0 radical (unpaired) electrons. The van der Waals surface area contributed by atoms with Crippen molar-refractivity contribution in [2.24, 2.45) is 0 Å². The van der Waals surface area contributed by atoms with Crippen LogP contribution in [0, 0.1) is 13.8 Å². The number of ether oxygens (including phenoxy) is 1. The van der Waals surface area contributed by atoms with Gasteiger partial charge in [0.15, 0.2) is 5.82 Å². The summed E-state index contributed by atoms with van der Waals surface area (Å²) in [6, 6.07) is 0. The number of fused-ring (bicyclic) bond motifs is 1. The second kappa shape index (κ2) is 7.61. The molecule has 1 aliphatic carbocycles. The van der Waals surface area contributed by atoms with Crippen LogP contribution in [-0.4, -0.2) is 45.8 Å². The summed E-state index contributed by atoms with van der Waals surface area (Å²) in [5, 5.41) is 5.20. The van der Waals surface area contributed by atoms with E-state index in [9.17, 15) is 4.79 Å². The number of nitrogens with zero attached hydrogens (tertiary/aromatic N) is 5. The maximum atomic E-state index is 12.4. The predicted octanol–water partition coefficient (Wildman–Crippen LogP) is 4.13. The Balaban J connectivity index is 1.40. The number of aromatic nitrogens is 4. The van der Waals surface area contributed by atoms with Crippen LogP contribution >= 0.6 is 11.3 Å². The van der Waals surface area contributed by atoms with Gasteiger partial charge >= 0.3 is 5.97 Å². The molecule has 0 amide bonds. The van der Waals surface area contributed by atoms with Gasteiger partial charge in [0.1, 0.15) is 21.3 Å². The van der Waals surface area contributed by atoms with Crippen molar-refractivity contribution in [2.45, 2.75) is 58.3 Å². The van der Waals surface area contributed by atoms with E-state index in [1.165, 1.54) is 11.3 Å². The Morgan fingerprint density at radius 3 is 2.60 bits per heavy atom. The summed E-state index contributed by atoms with van der Waals surface area (Å²) < 4.78 is 10.7. The Kier molecular flexibility index (Phi) is 4.92. The third-order valence-corrected chi connectivity index (χ3v) is 7.05. The van der Waals surface area contributed by atoms with E-state index in [0.29, 0.717) is 29.1 Å². The number of anilines is 1. The Morgan fingerprint density at radius 1 is 1.13 bits per heavy atom. The lowest BCUT2D eigenvalue weighted by Gasteiger charge is -2.32. The second-order valence-electron chi connectivity index (χ2n) is 8.08. The fourth-order valence-corrected chi connectivity index (χ4v) is 5.22. The van der Waals surface area contributed by atoms with Crippen LogP contribution in [0.1, 0.15) is 77.2 Å². The van der Waals surface area contributed by atoms with Crippen LogP contribution in [-0.2, 0) is 4.74 Å². The molecule has 1 saturated carbocycles. The first-order valence-electron chi connectivity index (χ1n) is 10.6. The number of piperidine rings is 1. The highest BCUT2D eigenvalue weighted by molar-refractivity contribution is 7.20. The van der Waals surface area contributed by atoms with Crippen molar-refractivity contribution in [3.05, 3.63) is 28.0 Å². The molecule has 5 rings (SSSR count). The average Bonchev–Trinajstić information content (AvgIpc) is 3.38. The largest absolute Gasteiger partial charge is 0.462 e. The van der Waals surface area contributed by atoms with Gasteiger partial charge in [-0.25, -0.2) is 14.8 Å². The van der Waals surface area contributed by atoms with E-state index in [4.69, 9.17) is 14.2 Å². The van der Waals surface area contributed by atoms with Crippen LogP contribution in [0.5, 0.6) is 0 Å². The molecule has 1 aliphatic heterocycles. The molecule has 4 heterocycles. The highest BCUT2D eigenvalue weighted by Gasteiger charge is 2.32. The Hall–Kier alpha value is -2.55. The quantitative estimate of drug-likeness (QED) is 0.561. The van der Waals surface area contributed by atoms with Crippen LogP contribution in [0.2, 0.25) is 0 Å². The smallest absolute Gasteiger partial charge is 0.348 e. The molecule has 2 fully saturated rings. The number of carbonyl (C=O) groups excluding carboxylic acids is 1. The van der Waals surface area contributed by atoms with E-state index < -0.39 is 0 Å². The van der Waals surface area contributed by atoms with Gasteiger partial charge in [0.05, 0.1) is 12.0 Å². The van der Waals surface area contributed by atoms with Crippen LogP contribution in [0.25, 0.3) is 10.2 Å². The van der Waals surface area contributed by atoms with Gasteiger partial charge in [-0.15, -0.1) is 11.3 Å². The van der Waals surface area contributed by atoms with Crippen molar-refractivity contribution >= 4 is 33.3 Å². The summed E-state index contributed by atoms with van der Waals surface area (Å²) in [5.74, 6) is 3.78. The summed E-state index contributed by atoms with van der Waals surface area (Å²) in [5.41, 5.74) is 0.901. The number of rotatable bonds is 5. The third kappa shape index (κ3) is 3.45. The minimum Gasteiger partial charge on any atom is -0.462 e. The summed E-state index contributed by atoms with van der Waals surface area (Å²) >= 11 is 1.39. The maximum absolute atomic E-state index is 12.4. The lowest BCUT2D eigenvalue weighted by Crippen LogP contribution is -2.34. The molecule has 3 aromatic rings. The minimum atomic E-state index is -0.288. The highest BCUT2D eigenvalue weighted by atomic mass is 32.1. The number of thiophene rings is 1. The molecule has 1 saturated heterocycles. The van der Waals surface area contributed by atoms with Crippen LogP contribution < -0.4 is 4.90 Å². The predicted molar refractivity (Wildman–Crippen MR) is 113 cm³/mol. The summed E-state index contributed by atoms with van der Waals surface area (Å²) in [4.78, 5) is 30.1. The molecule has 30 heavy (non-hydrogen) atoms. The van der Waals surface area contributed by atoms with Crippen LogP contribution in [0.4, 0.5) is 5.82 Å². The van der Waals surface area contributed by atoms with Gasteiger partial charge in [0.2, 0.25) is 5.89 Å². The SMILES string of the molecule is CCOC(=O)c1sc2nc(C)nc(N3CCC(c4noc(C5CC5)n4)CC3)c2c1C. The van der Waals surface area contributed by atoms with Gasteiger partial charge < -0.3 is 14.2 Å². The lowest BCUT2D eigenvalue weighted by molar-refractivity contribution is 0.0531. The van der Waals surface area contributed by atoms with E-state index in [2.05, 4.69) is 20.0 Å². The molecule has 0 aromatic carbocycles.